The highest BCUT2D eigenvalue weighted by molar-refractivity contribution is 6.30. The number of nitrogens with two attached hydrogens (primary N) is 1. The number of hydrogen-bond acceptors (Lipinski definition) is 3. The van der Waals surface area contributed by atoms with Crippen LogP contribution in [0.1, 0.15) is 17.5 Å². The lowest BCUT2D eigenvalue weighted by Crippen LogP contribution is -2.31. The largest absolute Gasteiger partial charge is 0.489 e. The molecule has 1 unspecified atom stereocenters. The summed E-state index contributed by atoms with van der Waals surface area (Å²) in [4.78, 5) is 14.3. The van der Waals surface area contributed by atoms with Gasteiger partial charge in [0.15, 0.2) is 0 Å². The Bertz CT molecular complexity index is 735. The summed E-state index contributed by atoms with van der Waals surface area (Å²) in [6.45, 7) is 2.69. The van der Waals surface area contributed by atoms with Crippen LogP contribution in [0.5, 0.6) is 5.75 Å². The van der Waals surface area contributed by atoms with E-state index in [4.69, 9.17) is 22.1 Å². The normalized spacial score (nSPS) is 16.9. The molecule has 2 N–H and O–H groups in total. The third-order valence-corrected chi connectivity index (χ3v) is 4.76. The van der Waals surface area contributed by atoms with Gasteiger partial charge < -0.3 is 15.4 Å². The summed E-state index contributed by atoms with van der Waals surface area (Å²) in [7, 11) is 0. The minimum atomic E-state index is 0.156. The average molecular weight is 359 g/mol. The molecule has 0 spiro atoms. The number of carbonyl (C=O) groups is 1. The quantitative estimate of drug-likeness (QED) is 0.862. The minimum Gasteiger partial charge on any atom is -0.489 e. The molecule has 4 nitrogen and oxygen atoms in total. The van der Waals surface area contributed by atoms with Crippen molar-refractivity contribution in [2.75, 3.05) is 19.6 Å². The zero-order valence-corrected chi connectivity index (χ0v) is 14.9. The molecular formula is C20H23ClN2O2. The van der Waals surface area contributed by atoms with Crippen molar-refractivity contribution in [2.24, 2.45) is 11.7 Å². The molecule has 1 aliphatic heterocycles. The van der Waals surface area contributed by atoms with Gasteiger partial charge in [0.1, 0.15) is 12.4 Å². The molecule has 132 valence electrons. The molecule has 5 heteroatoms. The molecule has 25 heavy (non-hydrogen) atoms. The molecule has 2 aromatic carbocycles. The molecule has 0 aliphatic carbocycles. The standard InChI is InChI=1S/C20H23ClN2O2/c21-18-5-1-4-16(9-18)14-25-19-6-2-3-15(10-19)11-20(24)23-8-7-17(12-22)13-23/h1-6,9-10,17H,7-8,11-14,22H2. The molecule has 0 radical (unpaired) electrons. The lowest BCUT2D eigenvalue weighted by molar-refractivity contribution is -0.129. The van der Waals surface area contributed by atoms with Crippen molar-refractivity contribution in [2.45, 2.75) is 19.4 Å². The first-order chi connectivity index (χ1) is 12.1. The SMILES string of the molecule is NCC1CCN(C(=O)Cc2cccc(OCc3cccc(Cl)c3)c2)C1. The van der Waals surface area contributed by atoms with E-state index in [1.54, 1.807) is 0 Å². The Kier molecular flexibility index (Phi) is 5.95. The Morgan fingerprint density at radius 3 is 2.76 bits per heavy atom. The Hall–Kier alpha value is -2.04. The lowest BCUT2D eigenvalue weighted by atomic mass is 10.1. The van der Waals surface area contributed by atoms with E-state index in [0.717, 1.165) is 36.4 Å². The van der Waals surface area contributed by atoms with Crippen molar-refractivity contribution in [1.82, 2.24) is 4.90 Å². The van der Waals surface area contributed by atoms with E-state index in [1.807, 2.05) is 53.4 Å². The Morgan fingerprint density at radius 2 is 2.00 bits per heavy atom. The molecule has 0 saturated carbocycles. The van der Waals surface area contributed by atoms with E-state index in [9.17, 15) is 4.79 Å². The number of rotatable bonds is 6. The molecule has 0 bridgehead atoms. The van der Waals surface area contributed by atoms with Crippen LogP contribution in [-0.2, 0) is 17.8 Å². The fourth-order valence-electron chi connectivity index (χ4n) is 3.08. The summed E-state index contributed by atoms with van der Waals surface area (Å²) < 4.78 is 5.83. The maximum Gasteiger partial charge on any atom is 0.227 e. The monoisotopic (exact) mass is 358 g/mol. The Labute approximate surface area is 153 Å². The summed E-state index contributed by atoms with van der Waals surface area (Å²) in [6.07, 6.45) is 1.40. The Balaban J connectivity index is 1.57. The van der Waals surface area contributed by atoms with E-state index >= 15 is 0 Å². The minimum absolute atomic E-state index is 0.156. The summed E-state index contributed by atoms with van der Waals surface area (Å²) in [5.74, 6) is 1.35. The summed E-state index contributed by atoms with van der Waals surface area (Å²) in [5.41, 5.74) is 7.67. The lowest BCUT2D eigenvalue weighted by Gasteiger charge is -2.16. The van der Waals surface area contributed by atoms with E-state index < -0.39 is 0 Å². The first-order valence-corrected chi connectivity index (χ1v) is 8.96. The van der Waals surface area contributed by atoms with Gasteiger partial charge >= 0.3 is 0 Å². The highest BCUT2D eigenvalue weighted by Crippen LogP contribution is 2.20. The van der Waals surface area contributed by atoms with Crippen LogP contribution in [0.2, 0.25) is 5.02 Å². The highest BCUT2D eigenvalue weighted by Gasteiger charge is 2.25. The molecular weight excluding hydrogens is 336 g/mol. The Morgan fingerprint density at radius 1 is 1.20 bits per heavy atom. The molecule has 2 aromatic rings. The third kappa shape index (κ3) is 4.97. The van der Waals surface area contributed by atoms with E-state index in [1.165, 1.54) is 0 Å². The molecule has 1 amide bonds. The molecule has 0 aromatic heterocycles. The smallest absolute Gasteiger partial charge is 0.227 e. The first-order valence-electron chi connectivity index (χ1n) is 8.58. The van der Waals surface area contributed by atoms with Crippen LogP contribution in [0.4, 0.5) is 0 Å². The van der Waals surface area contributed by atoms with E-state index in [-0.39, 0.29) is 5.91 Å². The number of ether oxygens (including phenoxy) is 1. The maximum atomic E-state index is 12.4. The summed E-state index contributed by atoms with van der Waals surface area (Å²) >= 11 is 5.99. The number of amides is 1. The second-order valence-electron chi connectivity index (χ2n) is 6.47. The number of benzene rings is 2. The van der Waals surface area contributed by atoms with Crippen molar-refractivity contribution in [3.63, 3.8) is 0 Å². The van der Waals surface area contributed by atoms with Crippen LogP contribution < -0.4 is 10.5 Å². The predicted octanol–water partition coefficient (Wildman–Crippen LogP) is 3.27. The highest BCUT2D eigenvalue weighted by atomic mass is 35.5. The fraction of sp³-hybridized carbons (Fsp3) is 0.350. The van der Waals surface area contributed by atoms with Gasteiger partial charge in [-0.2, -0.15) is 0 Å². The zero-order valence-electron chi connectivity index (χ0n) is 14.2. The van der Waals surface area contributed by atoms with Crippen molar-refractivity contribution >= 4 is 17.5 Å². The van der Waals surface area contributed by atoms with Gasteiger partial charge in [-0.3, -0.25) is 4.79 Å². The van der Waals surface area contributed by atoms with Crippen LogP contribution in [0.15, 0.2) is 48.5 Å². The summed E-state index contributed by atoms with van der Waals surface area (Å²) in [5, 5.41) is 0.696. The first kappa shape index (κ1) is 17.8. The molecule has 1 aliphatic rings. The number of halogens is 1. The van der Waals surface area contributed by atoms with Crippen molar-refractivity contribution < 1.29 is 9.53 Å². The molecule has 1 heterocycles. The van der Waals surface area contributed by atoms with Gasteiger partial charge in [0.2, 0.25) is 5.91 Å². The van der Waals surface area contributed by atoms with Gasteiger partial charge in [-0.05, 0) is 54.3 Å². The average Bonchev–Trinajstić information content (AvgIpc) is 3.10. The summed E-state index contributed by atoms with van der Waals surface area (Å²) in [6, 6.07) is 15.3. The second kappa shape index (κ2) is 8.37. The van der Waals surface area contributed by atoms with Crippen molar-refractivity contribution in [3.8, 4) is 5.75 Å². The van der Waals surface area contributed by atoms with E-state index in [0.29, 0.717) is 30.5 Å². The van der Waals surface area contributed by atoms with Gasteiger partial charge in [0.25, 0.3) is 0 Å². The van der Waals surface area contributed by atoms with Crippen LogP contribution in [0.3, 0.4) is 0 Å². The number of likely N-dealkylation sites (tertiary alicyclic amines) is 1. The van der Waals surface area contributed by atoms with E-state index in [2.05, 4.69) is 0 Å². The second-order valence-corrected chi connectivity index (χ2v) is 6.91. The number of carbonyl (C=O) groups excluding carboxylic acids is 1. The van der Waals surface area contributed by atoms with Gasteiger partial charge in [-0.25, -0.2) is 0 Å². The number of nitrogens with zero attached hydrogens (tertiary/aromatic N) is 1. The van der Waals surface area contributed by atoms with Crippen molar-refractivity contribution in [3.05, 3.63) is 64.7 Å². The molecule has 3 rings (SSSR count). The van der Waals surface area contributed by atoms with Crippen LogP contribution in [0, 0.1) is 5.92 Å². The van der Waals surface area contributed by atoms with Crippen LogP contribution in [-0.4, -0.2) is 30.4 Å². The number of hydrogen-bond donors (Lipinski definition) is 1. The zero-order chi connectivity index (χ0) is 17.6. The van der Waals surface area contributed by atoms with Crippen molar-refractivity contribution in [1.29, 1.82) is 0 Å². The topological polar surface area (TPSA) is 55.6 Å². The molecule has 1 fully saturated rings. The fourth-order valence-corrected chi connectivity index (χ4v) is 3.29. The van der Waals surface area contributed by atoms with Crippen LogP contribution in [0.25, 0.3) is 0 Å². The van der Waals surface area contributed by atoms with Gasteiger partial charge in [-0.1, -0.05) is 35.9 Å². The third-order valence-electron chi connectivity index (χ3n) is 4.52. The van der Waals surface area contributed by atoms with Gasteiger partial charge in [0, 0.05) is 18.1 Å². The molecule has 1 atom stereocenters. The van der Waals surface area contributed by atoms with Gasteiger partial charge in [0.05, 0.1) is 6.42 Å². The predicted molar refractivity (Wildman–Crippen MR) is 99.7 cm³/mol. The van der Waals surface area contributed by atoms with Gasteiger partial charge in [-0.15, -0.1) is 0 Å². The maximum absolute atomic E-state index is 12.4. The molecule has 1 saturated heterocycles. The van der Waals surface area contributed by atoms with Crippen LogP contribution >= 0.6 is 11.6 Å².